The lowest BCUT2D eigenvalue weighted by Crippen LogP contribution is -2.32. The second kappa shape index (κ2) is 5.17. The van der Waals surface area contributed by atoms with E-state index in [0.29, 0.717) is 0 Å². The van der Waals surface area contributed by atoms with Crippen LogP contribution in [0.2, 0.25) is 0 Å². The van der Waals surface area contributed by atoms with Crippen molar-refractivity contribution in [2.24, 2.45) is 0 Å². The lowest BCUT2D eigenvalue weighted by Gasteiger charge is -2.28. The summed E-state index contributed by atoms with van der Waals surface area (Å²) in [5.41, 5.74) is 1.32. The summed E-state index contributed by atoms with van der Waals surface area (Å²) in [7, 11) is 0. The molecule has 0 amide bonds. The van der Waals surface area contributed by atoms with Crippen molar-refractivity contribution in [3.05, 3.63) is 29.8 Å². The van der Waals surface area contributed by atoms with Crippen molar-refractivity contribution in [3.8, 4) is 5.75 Å². The summed E-state index contributed by atoms with van der Waals surface area (Å²) >= 11 is 0. The van der Waals surface area contributed by atoms with Crippen molar-refractivity contribution in [2.75, 3.05) is 13.3 Å². The molecule has 15 heavy (non-hydrogen) atoms. The van der Waals surface area contributed by atoms with Crippen LogP contribution in [-0.2, 0) is 6.54 Å². The van der Waals surface area contributed by atoms with Crippen LogP contribution in [0, 0.1) is 0 Å². The number of ether oxygens (including phenoxy) is 1. The molecule has 1 aliphatic heterocycles. The van der Waals surface area contributed by atoms with Crippen molar-refractivity contribution < 1.29 is 4.74 Å². The van der Waals surface area contributed by atoms with E-state index in [1.165, 1.54) is 24.8 Å². The molecule has 2 heteroatoms. The number of rotatable bonds is 4. The van der Waals surface area contributed by atoms with Gasteiger partial charge in [0.25, 0.3) is 0 Å². The highest BCUT2D eigenvalue weighted by molar-refractivity contribution is 5.34. The molecule has 1 aromatic rings. The molecule has 0 saturated carbocycles. The minimum absolute atomic E-state index is 0.751. The van der Waals surface area contributed by atoms with Crippen molar-refractivity contribution >= 4 is 0 Å². The molecule has 82 valence electrons. The highest BCUT2D eigenvalue weighted by Crippen LogP contribution is 2.24. The van der Waals surface area contributed by atoms with Crippen LogP contribution in [0.1, 0.15) is 31.7 Å². The van der Waals surface area contributed by atoms with Crippen molar-refractivity contribution in [1.82, 2.24) is 4.90 Å². The fraction of sp³-hybridized carbons (Fsp3) is 0.538. The topological polar surface area (TPSA) is 12.5 Å². The van der Waals surface area contributed by atoms with Crippen molar-refractivity contribution in [3.63, 3.8) is 0 Å². The fourth-order valence-corrected chi connectivity index (χ4v) is 1.95. The molecule has 1 heterocycles. The van der Waals surface area contributed by atoms with Gasteiger partial charge in [-0.05, 0) is 12.5 Å². The third-order valence-corrected chi connectivity index (χ3v) is 2.85. The number of nitrogens with zero attached hydrogens (tertiary/aromatic N) is 1. The van der Waals surface area contributed by atoms with Crippen LogP contribution in [0.3, 0.4) is 0 Å². The molecule has 0 radical (unpaired) electrons. The van der Waals surface area contributed by atoms with Gasteiger partial charge >= 0.3 is 0 Å². The number of hydrogen-bond acceptors (Lipinski definition) is 2. The first-order valence-corrected chi connectivity index (χ1v) is 5.83. The maximum absolute atomic E-state index is 5.69. The van der Waals surface area contributed by atoms with Crippen molar-refractivity contribution in [1.29, 1.82) is 0 Å². The Morgan fingerprint density at radius 1 is 1.27 bits per heavy atom. The Morgan fingerprint density at radius 3 is 3.00 bits per heavy atom. The van der Waals surface area contributed by atoms with E-state index in [0.717, 1.165) is 25.6 Å². The minimum Gasteiger partial charge on any atom is -0.478 e. The second-order valence-electron chi connectivity index (χ2n) is 4.14. The van der Waals surface area contributed by atoms with E-state index >= 15 is 0 Å². The Hall–Kier alpha value is -1.02. The van der Waals surface area contributed by atoms with Crippen LogP contribution in [0.25, 0.3) is 0 Å². The average molecular weight is 205 g/mol. The summed E-state index contributed by atoms with van der Waals surface area (Å²) in [5, 5.41) is 0. The minimum atomic E-state index is 0.751. The van der Waals surface area contributed by atoms with Gasteiger partial charge in [0.15, 0.2) is 0 Å². The lowest BCUT2D eigenvalue weighted by atomic mass is 10.1. The van der Waals surface area contributed by atoms with E-state index in [1.54, 1.807) is 0 Å². The molecule has 0 atom stereocenters. The molecule has 0 aromatic heterocycles. The van der Waals surface area contributed by atoms with Gasteiger partial charge in [-0.3, -0.25) is 4.90 Å². The molecular weight excluding hydrogens is 186 g/mol. The van der Waals surface area contributed by atoms with Gasteiger partial charge < -0.3 is 4.74 Å². The number of unbranched alkanes of at least 4 members (excludes halogenated alkanes) is 2. The number of hydrogen-bond donors (Lipinski definition) is 0. The van der Waals surface area contributed by atoms with Gasteiger partial charge in [-0.2, -0.15) is 0 Å². The van der Waals surface area contributed by atoms with E-state index < -0.39 is 0 Å². The smallest absolute Gasteiger partial charge is 0.142 e. The Balaban J connectivity index is 1.88. The van der Waals surface area contributed by atoms with Crippen LogP contribution in [0.5, 0.6) is 5.75 Å². The molecule has 2 nitrogen and oxygen atoms in total. The van der Waals surface area contributed by atoms with Crippen LogP contribution in [0.4, 0.5) is 0 Å². The summed E-state index contributed by atoms with van der Waals surface area (Å²) in [6, 6.07) is 8.32. The Kier molecular flexibility index (Phi) is 3.62. The average Bonchev–Trinajstić information content (AvgIpc) is 2.29. The molecule has 1 aliphatic rings. The van der Waals surface area contributed by atoms with Gasteiger partial charge in [0.2, 0.25) is 0 Å². The SMILES string of the molecule is CCCCCN1COc2ccccc2C1. The molecule has 1 aromatic carbocycles. The summed E-state index contributed by atoms with van der Waals surface area (Å²) in [5.74, 6) is 1.06. The first kappa shape index (κ1) is 10.5. The summed E-state index contributed by atoms with van der Waals surface area (Å²) < 4.78 is 5.69. The molecular formula is C13H19NO. The van der Waals surface area contributed by atoms with Crippen LogP contribution >= 0.6 is 0 Å². The maximum Gasteiger partial charge on any atom is 0.142 e. The first-order valence-electron chi connectivity index (χ1n) is 5.83. The Bertz CT molecular complexity index is 311. The zero-order valence-electron chi connectivity index (χ0n) is 9.41. The quantitative estimate of drug-likeness (QED) is 0.700. The van der Waals surface area contributed by atoms with E-state index in [1.807, 2.05) is 6.07 Å². The Morgan fingerprint density at radius 2 is 2.13 bits per heavy atom. The standard InChI is InChI=1S/C13H19NO/c1-2-3-6-9-14-10-12-7-4-5-8-13(12)15-11-14/h4-5,7-8H,2-3,6,9-11H2,1H3. The predicted octanol–water partition coefficient (Wildman–Crippen LogP) is 3.03. The number of para-hydroxylation sites is 1. The molecule has 2 rings (SSSR count). The van der Waals surface area contributed by atoms with E-state index in [2.05, 4.69) is 30.0 Å². The van der Waals surface area contributed by atoms with E-state index in [4.69, 9.17) is 4.74 Å². The normalized spacial score (nSPS) is 15.8. The molecule has 0 saturated heterocycles. The lowest BCUT2D eigenvalue weighted by molar-refractivity contribution is 0.0937. The zero-order chi connectivity index (χ0) is 10.5. The van der Waals surface area contributed by atoms with E-state index in [-0.39, 0.29) is 0 Å². The number of fused-ring (bicyclic) bond motifs is 1. The van der Waals surface area contributed by atoms with Crippen molar-refractivity contribution in [2.45, 2.75) is 32.7 Å². The summed E-state index contributed by atoms with van der Waals surface area (Å²) in [6.07, 6.45) is 3.88. The molecule has 0 aliphatic carbocycles. The molecule has 0 bridgehead atoms. The van der Waals surface area contributed by atoms with E-state index in [9.17, 15) is 0 Å². The second-order valence-corrected chi connectivity index (χ2v) is 4.14. The highest BCUT2D eigenvalue weighted by atomic mass is 16.5. The van der Waals surface area contributed by atoms with Gasteiger partial charge in [0.1, 0.15) is 12.5 Å². The van der Waals surface area contributed by atoms with Gasteiger partial charge in [0, 0.05) is 18.7 Å². The van der Waals surface area contributed by atoms with Gasteiger partial charge in [-0.1, -0.05) is 38.0 Å². The monoisotopic (exact) mass is 205 g/mol. The van der Waals surface area contributed by atoms with Crippen LogP contribution in [0.15, 0.2) is 24.3 Å². The summed E-state index contributed by atoms with van der Waals surface area (Å²) in [6.45, 7) is 5.19. The van der Waals surface area contributed by atoms with Gasteiger partial charge in [-0.15, -0.1) is 0 Å². The maximum atomic E-state index is 5.69. The first-order chi connectivity index (χ1) is 7.40. The molecule has 0 unspecified atom stereocenters. The third kappa shape index (κ3) is 2.72. The largest absolute Gasteiger partial charge is 0.478 e. The fourth-order valence-electron chi connectivity index (χ4n) is 1.95. The highest BCUT2D eigenvalue weighted by Gasteiger charge is 2.15. The van der Waals surface area contributed by atoms with Gasteiger partial charge in [-0.25, -0.2) is 0 Å². The van der Waals surface area contributed by atoms with Crippen LogP contribution in [-0.4, -0.2) is 18.2 Å². The predicted molar refractivity (Wildman–Crippen MR) is 61.9 cm³/mol. The van der Waals surface area contributed by atoms with Crippen LogP contribution < -0.4 is 4.74 Å². The molecule has 0 fully saturated rings. The summed E-state index contributed by atoms with van der Waals surface area (Å²) in [4.78, 5) is 2.37. The molecule has 0 spiro atoms. The third-order valence-electron chi connectivity index (χ3n) is 2.85. The zero-order valence-corrected chi connectivity index (χ0v) is 9.41. The number of benzene rings is 1. The molecule has 0 N–H and O–H groups in total. The van der Waals surface area contributed by atoms with Gasteiger partial charge in [0.05, 0.1) is 0 Å². The Labute approximate surface area is 91.9 Å².